The van der Waals surface area contributed by atoms with Crippen molar-refractivity contribution >= 4 is 6.08 Å². The third-order valence-electron chi connectivity index (χ3n) is 1.41. The molecule has 2 nitrogen and oxygen atoms in total. The molecule has 1 heterocycles. The smallest absolute Gasteiger partial charge is 0.191 e. The van der Waals surface area contributed by atoms with E-state index in [1.165, 1.54) is 0 Å². The molecule has 0 aliphatic heterocycles. The van der Waals surface area contributed by atoms with Gasteiger partial charge in [-0.1, -0.05) is 12.7 Å². The molecule has 0 saturated heterocycles. The van der Waals surface area contributed by atoms with E-state index in [9.17, 15) is 0 Å². The molecule has 1 aromatic rings. The van der Waals surface area contributed by atoms with Crippen molar-refractivity contribution in [3.8, 4) is 6.07 Å². The maximum absolute atomic E-state index is 8.36. The van der Waals surface area contributed by atoms with Crippen LogP contribution in [0.15, 0.2) is 31.1 Å². The summed E-state index contributed by atoms with van der Waals surface area (Å²) >= 11 is 0. The fourth-order valence-electron chi connectivity index (χ4n) is 0.792. The highest BCUT2D eigenvalue weighted by Gasteiger charge is 1.95. The molecule has 0 radical (unpaired) electrons. The van der Waals surface area contributed by atoms with Gasteiger partial charge in [0.15, 0.2) is 12.4 Å². The first-order chi connectivity index (χ1) is 5.36. The van der Waals surface area contributed by atoms with Gasteiger partial charge in [-0.05, 0) is 5.56 Å². The second-order valence-electron chi connectivity index (χ2n) is 2.17. The molecular formula is C9H9N2+. The molecule has 1 aromatic heterocycles. The van der Waals surface area contributed by atoms with Crippen LogP contribution in [0, 0.1) is 11.3 Å². The normalized spacial score (nSPS) is 8.64. The molecule has 1 rings (SSSR count). The molecule has 2 heteroatoms. The van der Waals surface area contributed by atoms with Crippen molar-refractivity contribution in [1.82, 2.24) is 0 Å². The van der Waals surface area contributed by atoms with Crippen LogP contribution in [-0.2, 0) is 6.54 Å². The van der Waals surface area contributed by atoms with Gasteiger partial charge in [-0.2, -0.15) is 9.83 Å². The molecule has 0 N–H and O–H groups in total. The van der Waals surface area contributed by atoms with E-state index in [1.54, 1.807) is 6.08 Å². The number of nitrogens with zero attached hydrogens (tertiary/aromatic N) is 2. The van der Waals surface area contributed by atoms with Crippen LogP contribution in [0.2, 0.25) is 0 Å². The van der Waals surface area contributed by atoms with Crippen LogP contribution in [0.1, 0.15) is 5.56 Å². The summed E-state index contributed by atoms with van der Waals surface area (Å²) in [5.74, 6) is 0. The van der Waals surface area contributed by atoms with E-state index in [2.05, 4.69) is 12.6 Å². The fraction of sp³-hybridized carbons (Fsp3) is 0.111. The van der Waals surface area contributed by atoms with Gasteiger partial charge >= 0.3 is 0 Å². The molecule has 0 atom stereocenters. The van der Waals surface area contributed by atoms with Gasteiger partial charge in [0.05, 0.1) is 0 Å². The highest BCUT2D eigenvalue weighted by molar-refractivity contribution is 5.44. The zero-order chi connectivity index (χ0) is 8.10. The molecule has 0 bridgehead atoms. The maximum atomic E-state index is 8.36. The average molecular weight is 145 g/mol. The Balaban J connectivity index is 2.84. The standard InChI is InChI=1S/C9H9N2/c1-2-9-3-6-11(7-4-9)8-5-10/h2-4,6-7H,1,8H2/q+1. The molecule has 11 heavy (non-hydrogen) atoms. The van der Waals surface area contributed by atoms with Crippen molar-refractivity contribution in [3.63, 3.8) is 0 Å². The predicted octanol–water partition coefficient (Wildman–Crippen LogP) is 1.14. The van der Waals surface area contributed by atoms with Gasteiger partial charge in [-0.3, -0.25) is 0 Å². The lowest BCUT2D eigenvalue weighted by Crippen LogP contribution is -2.31. The summed E-state index contributed by atoms with van der Waals surface area (Å²) in [7, 11) is 0. The first-order valence-electron chi connectivity index (χ1n) is 3.35. The fourth-order valence-corrected chi connectivity index (χ4v) is 0.792. The summed E-state index contributed by atoms with van der Waals surface area (Å²) in [5, 5.41) is 8.36. The Bertz CT molecular complexity index is 279. The van der Waals surface area contributed by atoms with Gasteiger partial charge < -0.3 is 0 Å². The zero-order valence-corrected chi connectivity index (χ0v) is 6.20. The van der Waals surface area contributed by atoms with E-state index in [4.69, 9.17) is 5.26 Å². The van der Waals surface area contributed by atoms with Crippen LogP contribution in [0.25, 0.3) is 6.08 Å². The second-order valence-corrected chi connectivity index (χ2v) is 2.17. The van der Waals surface area contributed by atoms with Gasteiger partial charge in [-0.15, -0.1) is 0 Å². The Morgan fingerprint density at radius 1 is 1.55 bits per heavy atom. The number of pyridine rings is 1. The van der Waals surface area contributed by atoms with Gasteiger partial charge in [0.25, 0.3) is 0 Å². The maximum Gasteiger partial charge on any atom is 0.233 e. The Hall–Kier alpha value is -1.62. The van der Waals surface area contributed by atoms with Crippen molar-refractivity contribution in [2.24, 2.45) is 0 Å². The summed E-state index contributed by atoms with van der Waals surface area (Å²) in [6.07, 6.45) is 5.50. The third kappa shape index (κ3) is 1.91. The third-order valence-corrected chi connectivity index (χ3v) is 1.41. The van der Waals surface area contributed by atoms with E-state index in [-0.39, 0.29) is 0 Å². The minimum atomic E-state index is 0.400. The Labute approximate surface area is 66.0 Å². The van der Waals surface area contributed by atoms with E-state index in [0.29, 0.717) is 6.54 Å². The Kier molecular flexibility index (Phi) is 2.40. The number of aromatic nitrogens is 1. The second kappa shape index (κ2) is 3.52. The average Bonchev–Trinajstić information content (AvgIpc) is 2.07. The topological polar surface area (TPSA) is 27.7 Å². The summed E-state index contributed by atoms with van der Waals surface area (Å²) < 4.78 is 1.81. The van der Waals surface area contributed by atoms with Crippen molar-refractivity contribution in [2.75, 3.05) is 0 Å². The molecule has 0 aromatic carbocycles. The Morgan fingerprint density at radius 2 is 2.18 bits per heavy atom. The Morgan fingerprint density at radius 3 is 2.64 bits per heavy atom. The van der Waals surface area contributed by atoms with Crippen molar-refractivity contribution in [1.29, 1.82) is 5.26 Å². The molecule has 0 aliphatic rings. The van der Waals surface area contributed by atoms with Gasteiger partial charge in [0.2, 0.25) is 6.54 Å². The number of nitriles is 1. The quantitative estimate of drug-likeness (QED) is 0.573. The first kappa shape index (κ1) is 7.49. The zero-order valence-electron chi connectivity index (χ0n) is 6.20. The lowest BCUT2D eigenvalue weighted by molar-refractivity contribution is -0.685. The van der Waals surface area contributed by atoms with Crippen LogP contribution in [0.3, 0.4) is 0 Å². The molecule has 0 unspecified atom stereocenters. The first-order valence-corrected chi connectivity index (χ1v) is 3.35. The summed E-state index contributed by atoms with van der Waals surface area (Å²) in [6, 6.07) is 5.90. The largest absolute Gasteiger partial charge is 0.233 e. The molecule has 0 amide bonds. The summed E-state index contributed by atoms with van der Waals surface area (Å²) in [5.41, 5.74) is 1.07. The highest BCUT2D eigenvalue weighted by atomic mass is 14.9. The molecule has 0 fully saturated rings. The van der Waals surface area contributed by atoms with Crippen molar-refractivity contribution in [2.45, 2.75) is 6.54 Å². The van der Waals surface area contributed by atoms with Gasteiger partial charge in [0, 0.05) is 12.1 Å². The summed E-state index contributed by atoms with van der Waals surface area (Å²) in [4.78, 5) is 0. The molecule has 0 spiro atoms. The van der Waals surface area contributed by atoms with Gasteiger partial charge in [0.1, 0.15) is 6.07 Å². The monoisotopic (exact) mass is 145 g/mol. The van der Waals surface area contributed by atoms with E-state index in [0.717, 1.165) is 5.56 Å². The van der Waals surface area contributed by atoms with Crippen LogP contribution in [0.4, 0.5) is 0 Å². The molecule has 54 valence electrons. The predicted molar refractivity (Wildman–Crippen MR) is 42.3 cm³/mol. The van der Waals surface area contributed by atoms with E-state index >= 15 is 0 Å². The SMILES string of the molecule is C=Cc1cc[n+](CC#N)cc1. The molecule has 0 saturated carbocycles. The highest BCUT2D eigenvalue weighted by Crippen LogP contribution is 1.94. The summed E-state index contributed by atoms with van der Waals surface area (Å²) in [6.45, 7) is 4.03. The van der Waals surface area contributed by atoms with Crippen LogP contribution >= 0.6 is 0 Å². The van der Waals surface area contributed by atoms with Crippen molar-refractivity contribution < 1.29 is 4.57 Å². The number of hydrogen-bond acceptors (Lipinski definition) is 1. The van der Waals surface area contributed by atoms with Crippen LogP contribution in [-0.4, -0.2) is 0 Å². The minimum absolute atomic E-state index is 0.400. The lowest BCUT2D eigenvalue weighted by atomic mass is 10.3. The van der Waals surface area contributed by atoms with Crippen LogP contribution in [0.5, 0.6) is 0 Å². The number of rotatable bonds is 2. The lowest BCUT2D eigenvalue weighted by Gasteiger charge is -1.89. The van der Waals surface area contributed by atoms with Gasteiger partial charge in [-0.25, -0.2) is 0 Å². The molecular weight excluding hydrogens is 136 g/mol. The van der Waals surface area contributed by atoms with E-state index < -0.39 is 0 Å². The molecule has 0 aliphatic carbocycles. The number of hydrogen-bond donors (Lipinski definition) is 0. The van der Waals surface area contributed by atoms with Crippen molar-refractivity contribution in [3.05, 3.63) is 36.7 Å². The van der Waals surface area contributed by atoms with Crippen LogP contribution < -0.4 is 4.57 Å². The van der Waals surface area contributed by atoms with E-state index in [1.807, 2.05) is 29.1 Å². The minimum Gasteiger partial charge on any atom is -0.191 e.